The Morgan fingerprint density at radius 1 is 1.03 bits per heavy atom. The van der Waals surface area contributed by atoms with Crippen molar-refractivity contribution in [2.45, 2.75) is 11.3 Å². The largest absolute Gasteiger partial charge is 0.493 e. The van der Waals surface area contributed by atoms with E-state index in [2.05, 4.69) is 15.5 Å². The lowest BCUT2D eigenvalue weighted by molar-refractivity contribution is 0.353. The Hall–Kier alpha value is -2.69. The molecule has 8 nitrogen and oxygen atoms in total. The third-order valence-electron chi connectivity index (χ3n) is 4.16. The quantitative estimate of drug-likeness (QED) is 0.582. The van der Waals surface area contributed by atoms with Crippen LogP contribution in [0.15, 0.2) is 47.4 Å². The van der Waals surface area contributed by atoms with Crippen LogP contribution in [0.3, 0.4) is 0 Å². The molecule has 0 atom stereocenters. The molecule has 0 saturated carbocycles. The van der Waals surface area contributed by atoms with Gasteiger partial charge in [-0.2, -0.15) is 0 Å². The Labute approximate surface area is 174 Å². The number of aromatic nitrogens is 2. The Bertz CT molecular complexity index is 1080. The number of hydrogen-bond donors (Lipinski definition) is 1. The molecule has 29 heavy (non-hydrogen) atoms. The lowest BCUT2D eigenvalue weighted by Crippen LogP contribution is -2.23. The number of nitrogens with one attached hydrogen (secondary N) is 1. The monoisotopic (exact) mass is 434 g/mol. The molecule has 3 aromatic rings. The highest BCUT2D eigenvalue weighted by Crippen LogP contribution is 2.35. The van der Waals surface area contributed by atoms with Gasteiger partial charge < -0.3 is 14.8 Å². The van der Waals surface area contributed by atoms with Crippen molar-refractivity contribution in [3.05, 3.63) is 53.0 Å². The number of nitrogens with zero attached hydrogens (tertiary/aromatic N) is 3. The summed E-state index contributed by atoms with van der Waals surface area (Å²) in [5.74, 6) is 0.799. The summed E-state index contributed by atoms with van der Waals surface area (Å²) in [5.41, 5.74) is 1.45. The molecule has 0 aliphatic rings. The standard InChI is InChI=1S/C19H22N4O4S2/c1-23(2)29(24,25)17-12-16(27-4)15(26-3)10-13(17)11-18-21-22-19(28-18)20-14-8-6-5-7-9-14/h5-10,12H,11H2,1-4H3,(H,20,22). The average molecular weight is 435 g/mol. The van der Waals surface area contributed by atoms with Crippen molar-refractivity contribution in [2.24, 2.45) is 0 Å². The first-order valence-corrected chi connectivity index (χ1v) is 10.9. The maximum absolute atomic E-state index is 12.8. The summed E-state index contributed by atoms with van der Waals surface area (Å²) in [4.78, 5) is 0.146. The molecule has 1 aromatic heterocycles. The summed E-state index contributed by atoms with van der Waals surface area (Å²) in [6.45, 7) is 0. The zero-order valence-electron chi connectivity index (χ0n) is 16.5. The van der Waals surface area contributed by atoms with E-state index in [-0.39, 0.29) is 11.3 Å². The van der Waals surface area contributed by atoms with E-state index < -0.39 is 10.0 Å². The zero-order valence-corrected chi connectivity index (χ0v) is 18.2. The molecule has 0 unspecified atom stereocenters. The Kier molecular flexibility index (Phi) is 6.36. The highest BCUT2D eigenvalue weighted by molar-refractivity contribution is 7.89. The molecular weight excluding hydrogens is 412 g/mol. The number of para-hydroxylation sites is 1. The van der Waals surface area contributed by atoms with Crippen molar-refractivity contribution in [2.75, 3.05) is 33.6 Å². The van der Waals surface area contributed by atoms with E-state index >= 15 is 0 Å². The molecule has 154 valence electrons. The Morgan fingerprint density at radius 2 is 1.69 bits per heavy atom. The summed E-state index contributed by atoms with van der Waals surface area (Å²) in [6, 6.07) is 12.8. The van der Waals surface area contributed by atoms with Crippen LogP contribution in [0.25, 0.3) is 0 Å². The molecule has 0 spiro atoms. The number of benzene rings is 2. The minimum atomic E-state index is -3.69. The first-order valence-electron chi connectivity index (χ1n) is 8.67. The Balaban J connectivity index is 1.96. The maximum atomic E-state index is 12.8. The van der Waals surface area contributed by atoms with E-state index in [1.807, 2.05) is 30.3 Å². The van der Waals surface area contributed by atoms with Gasteiger partial charge in [-0.05, 0) is 23.8 Å². The molecule has 1 N–H and O–H groups in total. The molecule has 0 aliphatic carbocycles. The normalized spacial score (nSPS) is 11.5. The van der Waals surface area contributed by atoms with Gasteiger partial charge in [0.2, 0.25) is 15.2 Å². The predicted molar refractivity (Wildman–Crippen MR) is 113 cm³/mol. The van der Waals surface area contributed by atoms with Crippen LogP contribution in [0.2, 0.25) is 0 Å². The molecule has 10 heteroatoms. The van der Waals surface area contributed by atoms with E-state index in [1.54, 1.807) is 6.07 Å². The fourth-order valence-electron chi connectivity index (χ4n) is 2.66. The molecule has 0 bridgehead atoms. The van der Waals surface area contributed by atoms with Gasteiger partial charge in [0.15, 0.2) is 11.5 Å². The molecule has 0 saturated heterocycles. The number of anilines is 2. The molecule has 2 aromatic carbocycles. The second-order valence-corrected chi connectivity index (χ2v) is 9.45. The van der Waals surface area contributed by atoms with Crippen molar-refractivity contribution in [3.63, 3.8) is 0 Å². The molecular formula is C19H22N4O4S2. The van der Waals surface area contributed by atoms with Crippen LogP contribution >= 0.6 is 11.3 Å². The van der Waals surface area contributed by atoms with Crippen LogP contribution in [0.1, 0.15) is 10.6 Å². The SMILES string of the molecule is COc1cc(Cc2nnc(Nc3ccccc3)s2)c(S(=O)(=O)N(C)C)cc1OC. The third-order valence-corrected chi connectivity index (χ3v) is 6.89. The maximum Gasteiger partial charge on any atom is 0.242 e. The van der Waals surface area contributed by atoms with Gasteiger partial charge in [0, 0.05) is 32.3 Å². The van der Waals surface area contributed by atoms with Gasteiger partial charge >= 0.3 is 0 Å². The van der Waals surface area contributed by atoms with Crippen molar-refractivity contribution in [1.29, 1.82) is 0 Å². The van der Waals surface area contributed by atoms with E-state index in [4.69, 9.17) is 9.47 Å². The van der Waals surface area contributed by atoms with Crippen LogP contribution in [-0.4, -0.2) is 51.2 Å². The molecule has 1 heterocycles. The average Bonchev–Trinajstić information content (AvgIpc) is 3.14. The lowest BCUT2D eigenvalue weighted by Gasteiger charge is -2.17. The summed E-state index contributed by atoms with van der Waals surface area (Å²) < 4.78 is 37.5. The van der Waals surface area contributed by atoms with E-state index in [9.17, 15) is 8.42 Å². The predicted octanol–water partition coefficient (Wildman–Crippen LogP) is 3.14. The van der Waals surface area contributed by atoms with Crippen molar-refractivity contribution in [1.82, 2.24) is 14.5 Å². The highest BCUT2D eigenvalue weighted by Gasteiger charge is 2.25. The third kappa shape index (κ3) is 4.66. The first kappa shape index (κ1) is 21.0. The van der Waals surface area contributed by atoms with E-state index in [1.165, 1.54) is 50.0 Å². The number of methoxy groups -OCH3 is 2. The van der Waals surface area contributed by atoms with Gasteiger partial charge in [-0.25, -0.2) is 12.7 Å². The van der Waals surface area contributed by atoms with Gasteiger partial charge in [-0.15, -0.1) is 10.2 Å². The molecule has 0 aliphatic heterocycles. The number of ether oxygens (including phenoxy) is 2. The number of sulfonamides is 1. The number of rotatable bonds is 8. The smallest absolute Gasteiger partial charge is 0.242 e. The minimum absolute atomic E-state index is 0.146. The minimum Gasteiger partial charge on any atom is -0.493 e. The fraction of sp³-hybridized carbons (Fsp3) is 0.263. The fourth-order valence-corrected chi connectivity index (χ4v) is 4.56. The number of hydrogen-bond acceptors (Lipinski definition) is 8. The van der Waals surface area contributed by atoms with Crippen molar-refractivity contribution < 1.29 is 17.9 Å². The van der Waals surface area contributed by atoms with E-state index in [0.29, 0.717) is 27.2 Å². The molecule has 3 rings (SSSR count). The van der Waals surface area contributed by atoms with E-state index in [0.717, 1.165) is 5.69 Å². The van der Waals surface area contributed by atoms with Crippen LogP contribution in [0, 0.1) is 0 Å². The first-order chi connectivity index (χ1) is 13.8. The van der Waals surface area contributed by atoms with Crippen LogP contribution in [-0.2, 0) is 16.4 Å². The Morgan fingerprint density at radius 3 is 2.31 bits per heavy atom. The second-order valence-electron chi connectivity index (χ2n) is 6.27. The highest BCUT2D eigenvalue weighted by atomic mass is 32.2. The van der Waals surface area contributed by atoms with Gasteiger partial charge in [0.05, 0.1) is 19.1 Å². The van der Waals surface area contributed by atoms with Crippen molar-refractivity contribution in [3.8, 4) is 11.5 Å². The summed E-state index contributed by atoms with van der Waals surface area (Å²) >= 11 is 1.36. The molecule has 0 amide bonds. The lowest BCUT2D eigenvalue weighted by atomic mass is 10.1. The zero-order chi connectivity index (χ0) is 21.0. The van der Waals surface area contributed by atoms with Gasteiger partial charge in [-0.3, -0.25) is 0 Å². The summed E-state index contributed by atoms with van der Waals surface area (Å²) in [7, 11) is 2.27. The van der Waals surface area contributed by atoms with Gasteiger partial charge in [0.25, 0.3) is 0 Å². The summed E-state index contributed by atoms with van der Waals surface area (Å²) in [5, 5.41) is 12.8. The van der Waals surface area contributed by atoms with Gasteiger partial charge in [-0.1, -0.05) is 29.5 Å². The van der Waals surface area contributed by atoms with Crippen LogP contribution in [0.5, 0.6) is 11.5 Å². The molecule has 0 radical (unpaired) electrons. The molecule has 0 fully saturated rings. The summed E-state index contributed by atoms with van der Waals surface area (Å²) in [6.07, 6.45) is 0.289. The van der Waals surface area contributed by atoms with Crippen LogP contribution < -0.4 is 14.8 Å². The topological polar surface area (TPSA) is 93.7 Å². The second kappa shape index (κ2) is 8.76. The van der Waals surface area contributed by atoms with Crippen LogP contribution in [0.4, 0.5) is 10.8 Å². The van der Waals surface area contributed by atoms with Gasteiger partial charge in [0.1, 0.15) is 5.01 Å². The van der Waals surface area contributed by atoms with Crippen molar-refractivity contribution >= 4 is 32.2 Å².